The van der Waals surface area contributed by atoms with Gasteiger partial charge in [0.15, 0.2) is 5.96 Å². The number of aliphatic imine (C=N–C) groups is 1. The molecule has 0 amide bonds. The summed E-state index contributed by atoms with van der Waals surface area (Å²) in [5.41, 5.74) is 2.32. The standard InChI is InChI=1S/C21H36N4O3.HI/c1-17-6-7-18(20(14-17)28-19-8-12-27-16-19)15-24-21(22-2)23-9-5-10-25(3)11-13-26-4;/h6-7,14,19H,5,8-13,15-16H2,1-4H3,(H2,22,23,24);1H. The number of guanidine groups is 1. The van der Waals surface area contributed by atoms with E-state index in [1.54, 1.807) is 14.2 Å². The molecule has 0 spiro atoms. The number of likely N-dealkylation sites (N-methyl/N-ethyl adjacent to an activating group) is 1. The van der Waals surface area contributed by atoms with Crippen LogP contribution in [0.25, 0.3) is 0 Å². The first-order valence-corrected chi connectivity index (χ1v) is 10.1. The zero-order chi connectivity index (χ0) is 20.2. The fraction of sp³-hybridized carbons (Fsp3) is 0.667. The van der Waals surface area contributed by atoms with Crippen LogP contribution in [0.5, 0.6) is 5.75 Å². The van der Waals surface area contributed by atoms with Crippen LogP contribution in [-0.2, 0) is 16.0 Å². The predicted molar refractivity (Wildman–Crippen MR) is 129 cm³/mol. The Balaban J connectivity index is 0.00000420. The third kappa shape index (κ3) is 9.97. The van der Waals surface area contributed by atoms with E-state index in [0.29, 0.717) is 13.2 Å². The molecule has 1 aliphatic rings. The van der Waals surface area contributed by atoms with Gasteiger partial charge in [-0.1, -0.05) is 12.1 Å². The van der Waals surface area contributed by atoms with Gasteiger partial charge in [-0.3, -0.25) is 4.99 Å². The van der Waals surface area contributed by atoms with E-state index < -0.39 is 0 Å². The van der Waals surface area contributed by atoms with Crippen LogP contribution in [0.3, 0.4) is 0 Å². The number of methoxy groups -OCH3 is 1. The molecule has 1 fully saturated rings. The zero-order valence-electron chi connectivity index (χ0n) is 18.2. The molecule has 0 aliphatic carbocycles. The molecule has 2 N–H and O–H groups in total. The molecule has 2 rings (SSSR count). The summed E-state index contributed by atoms with van der Waals surface area (Å²) in [6.45, 7) is 7.80. The molecular formula is C21H37IN4O3. The maximum absolute atomic E-state index is 6.17. The molecule has 1 heterocycles. The normalized spacial score (nSPS) is 16.6. The van der Waals surface area contributed by atoms with Gasteiger partial charge in [0, 0.05) is 45.8 Å². The van der Waals surface area contributed by atoms with E-state index in [1.165, 1.54) is 5.56 Å². The van der Waals surface area contributed by atoms with Gasteiger partial charge in [0.1, 0.15) is 11.9 Å². The van der Waals surface area contributed by atoms with Gasteiger partial charge in [-0.05, 0) is 38.6 Å². The maximum Gasteiger partial charge on any atom is 0.191 e. The lowest BCUT2D eigenvalue weighted by Gasteiger charge is -2.19. The van der Waals surface area contributed by atoms with Crippen molar-refractivity contribution >= 4 is 29.9 Å². The second-order valence-corrected chi connectivity index (χ2v) is 7.22. The Labute approximate surface area is 192 Å². The van der Waals surface area contributed by atoms with Gasteiger partial charge in [-0.25, -0.2) is 0 Å². The van der Waals surface area contributed by atoms with Crippen molar-refractivity contribution in [2.75, 3.05) is 60.7 Å². The molecule has 1 aromatic rings. The largest absolute Gasteiger partial charge is 0.488 e. The van der Waals surface area contributed by atoms with Crippen molar-refractivity contribution in [2.45, 2.75) is 32.4 Å². The summed E-state index contributed by atoms with van der Waals surface area (Å²) in [6.07, 6.45) is 2.14. The molecule has 1 aliphatic heterocycles. The van der Waals surface area contributed by atoms with E-state index in [9.17, 15) is 0 Å². The van der Waals surface area contributed by atoms with E-state index in [1.807, 2.05) is 0 Å². The average Bonchev–Trinajstić information content (AvgIpc) is 3.20. The minimum Gasteiger partial charge on any atom is -0.488 e. The highest BCUT2D eigenvalue weighted by atomic mass is 127. The topological polar surface area (TPSA) is 67.4 Å². The minimum absolute atomic E-state index is 0. The molecule has 1 atom stereocenters. The van der Waals surface area contributed by atoms with Gasteiger partial charge in [0.25, 0.3) is 0 Å². The van der Waals surface area contributed by atoms with Crippen molar-refractivity contribution in [3.63, 3.8) is 0 Å². The first-order chi connectivity index (χ1) is 13.6. The maximum atomic E-state index is 6.17. The van der Waals surface area contributed by atoms with Gasteiger partial charge in [-0.15, -0.1) is 24.0 Å². The number of rotatable bonds is 11. The van der Waals surface area contributed by atoms with E-state index in [0.717, 1.165) is 63.0 Å². The van der Waals surface area contributed by atoms with Crippen LogP contribution in [0.2, 0.25) is 0 Å². The third-order valence-electron chi connectivity index (χ3n) is 4.76. The lowest BCUT2D eigenvalue weighted by Crippen LogP contribution is -2.38. The van der Waals surface area contributed by atoms with Crippen molar-refractivity contribution in [2.24, 2.45) is 4.99 Å². The summed E-state index contributed by atoms with van der Waals surface area (Å²) in [7, 11) is 5.64. The Morgan fingerprint density at radius 2 is 2.14 bits per heavy atom. The summed E-state index contributed by atoms with van der Waals surface area (Å²) in [4.78, 5) is 6.59. The summed E-state index contributed by atoms with van der Waals surface area (Å²) in [5, 5.41) is 6.76. The molecule has 1 saturated heterocycles. The van der Waals surface area contributed by atoms with Crippen LogP contribution in [0.1, 0.15) is 24.0 Å². The van der Waals surface area contributed by atoms with Crippen LogP contribution >= 0.6 is 24.0 Å². The van der Waals surface area contributed by atoms with Crippen LogP contribution in [-0.4, -0.2) is 77.6 Å². The Bertz CT molecular complexity index is 610. The lowest BCUT2D eigenvalue weighted by molar-refractivity contribution is 0.140. The highest BCUT2D eigenvalue weighted by Gasteiger charge is 2.18. The number of hydrogen-bond acceptors (Lipinski definition) is 5. The Kier molecular flexibility index (Phi) is 13.2. The van der Waals surface area contributed by atoms with Crippen LogP contribution in [0.4, 0.5) is 0 Å². The molecule has 0 saturated carbocycles. The molecule has 0 radical (unpaired) electrons. The Morgan fingerprint density at radius 1 is 1.31 bits per heavy atom. The van der Waals surface area contributed by atoms with Crippen LogP contribution < -0.4 is 15.4 Å². The molecule has 7 nitrogen and oxygen atoms in total. The number of nitrogens with one attached hydrogen (secondary N) is 2. The first-order valence-electron chi connectivity index (χ1n) is 10.1. The minimum atomic E-state index is 0. The Morgan fingerprint density at radius 3 is 2.83 bits per heavy atom. The van der Waals surface area contributed by atoms with Crippen molar-refractivity contribution in [3.8, 4) is 5.75 Å². The fourth-order valence-corrected chi connectivity index (χ4v) is 3.02. The van der Waals surface area contributed by atoms with E-state index >= 15 is 0 Å². The number of nitrogens with zero attached hydrogens (tertiary/aromatic N) is 2. The summed E-state index contributed by atoms with van der Waals surface area (Å²) in [6, 6.07) is 6.33. The summed E-state index contributed by atoms with van der Waals surface area (Å²) < 4.78 is 16.7. The molecule has 29 heavy (non-hydrogen) atoms. The number of aryl methyl sites for hydroxylation is 1. The third-order valence-corrected chi connectivity index (χ3v) is 4.76. The van der Waals surface area contributed by atoms with Crippen molar-refractivity contribution in [3.05, 3.63) is 29.3 Å². The molecule has 166 valence electrons. The van der Waals surface area contributed by atoms with Crippen molar-refractivity contribution in [1.82, 2.24) is 15.5 Å². The quantitative estimate of drug-likeness (QED) is 0.202. The van der Waals surface area contributed by atoms with Crippen LogP contribution in [0.15, 0.2) is 23.2 Å². The second-order valence-electron chi connectivity index (χ2n) is 7.22. The molecule has 8 heteroatoms. The monoisotopic (exact) mass is 520 g/mol. The highest BCUT2D eigenvalue weighted by Crippen LogP contribution is 2.23. The number of benzene rings is 1. The second kappa shape index (κ2) is 14.8. The molecule has 1 unspecified atom stereocenters. The fourth-order valence-electron chi connectivity index (χ4n) is 3.02. The highest BCUT2D eigenvalue weighted by molar-refractivity contribution is 14.0. The summed E-state index contributed by atoms with van der Waals surface area (Å²) in [5.74, 6) is 1.73. The van der Waals surface area contributed by atoms with E-state index in [-0.39, 0.29) is 30.1 Å². The molecular weight excluding hydrogens is 483 g/mol. The average molecular weight is 520 g/mol. The molecule has 1 aromatic carbocycles. The number of halogens is 1. The smallest absolute Gasteiger partial charge is 0.191 e. The lowest BCUT2D eigenvalue weighted by atomic mass is 10.1. The SMILES string of the molecule is CN=C(NCCCN(C)CCOC)NCc1ccc(C)cc1OC1CCOC1.I. The van der Waals surface area contributed by atoms with Crippen molar-refractivity contribution in [1.29, 1.82) is 0 Å². The summed E-state index contributed by atoms with van der Waals surface area (Å²) >= 11 is 0. The number of hydrogen-bond donors (Lipinski definition) is 2. The van der Waals surface area contributed by atoms with Gasteiger partial charge in [0.05, 0.1) is 19.8 Å². The van der Waals surface area contributed by atoms with Crippen LogP contribution in [0, 0.1) is 6.92 Å². The van der Waals surface area contributed by atoms with Crippen molar-refractivity contribution < 1.29 is 14.2 Å². The molecule has 0 bridgehead atoms. The predicted octanol–water partition coefficient (Wildman–Crippen LogP) is 2.41. The van der Waals surface area contributed by atoms with E-state index in [2.05, 4.69) is 52.7 Å². The number of ether oxygens (including phenoxy) is 3. The zero-order valence-corrected chi connectivity index (χ0v) is 20.5. The Hall–Kier alpha value is -1.10. The van der Waals surface area contributed by atoms with E-state index in [4.69, 9.17) is 14.2 Å². The van der Waals surface area contributed by atoms with Gasteiger partial charge in [-0.2, -0.15) is 0 Å². The molecule has 0 aromatic heterocycles. The first kappa shape index (κ1) is 25.9. The van der Waals surface area contributed by atoms with Gasteiger partial charge < -0.3 is 29.7 Å². The van der Waals surface area contributed by atoms with Gasteiger partial charge in [0.2, 0.25) is 0 Å². The van der Waals surface area contributed by atoms with Gasteiger partial charge >= 0.3 is 0 Å².